The molecule has 0 fully saturated rings. The topological polar surface area (TPSA) is 50.4 Å². The second-order valence-electron chi connectivity index (χ2n) is 5.15. The number of aryl methyl sites for hydroxylation is 3. The van der Waals surface area contributed by atoms with Gasteiger partial charge in [-0.3, -0.25) is 0 Å². The van der Waals surface area contributed by atoms with Crippen LogP contribution in [0.25, 0.3) is 0 Å². The fourth-order valence-electron chi connectivity index (χ4n) is 1.88. The van der Waals surface area contributed by atoms with Crippen molar-refractivity contribution in [3.63, 3.8) is 0 Å². The van der Waals surface area contributed by atoms with Gasteiger partial charge in [0.25, 0.3) is 0 Å². The Labute approximate surface area is 139 Å². The van der Waals surface area contributed by atoms with Gasteiger partial charge < -0.3 is 15.4 Å². The average molecular weight is 363 g/mol. The summed E-state index contributed by atoms with van der Waals surface area (Å²) in [7, 11) is 0. The van der Waals surface area contributed by atoms with Crippen molar-refractivity contribution >= 4 is 27.6 Å². The summed E-state index contributed by atoms with van der Waals surface area (Å²) < 4.78 is 6.36. The van der Waals surface area contributed by atoms with Gasteiger partial charge in [0.05, 0.1) is 5.69 Å². The highest BCUT2D eigenvalue weighted by atomic mass is 79.9. The summed E-state index contributed by atoms with van der Waals surface area (Å²) >= 11 is 3.42. The van der Waals surface area contributed by atoms with E-state index in [1.54, 1.807) is 0 Å². The van der Waals surface area contributed by atoms with Crippen molar-refractivity contribution in [3.05, 3.63) is 57.6 Å². The van der Waals surface area contributed by atoms with Gasteiger partial charge in [-0.2, -0.15) is 0 Å². The number of urea groups is 1. The molecule has 0 saturated carbocycles. The summed E-state index contributed by atoms with van der Waals surface area (Å²) in [4.78, 5) is 11.8. The predicted molar refractivity (Wildman–Crippen MR) is 92.4 cm³/mol. The molecule has 116 valence electrons. The maximum absolute atomic E-state index is 11.8. The van der Waals surface area contributed by atoms with Gasteiger partial charge in [0.2, 0.25) is 0 Å². The Kier molecular flexibility index (Phi) is 5.44. The molecule has 0 heterocycles. The summed E-state index contributed by atoms with van der Waals surface area (Å²) in [6, 6.07) is 11.3. The molecule has 2 rings (SSSR count). The first-order valence-electron chi connectivity index (χ1n) is 6.97. The molecule has 0 bridgehead atoms. The van der Waals surface area contributed by atoms with E-state index in [0.29, 0.717) is 5.69 Å². The SMILES string of the molecule is Cc1ccc(NC(=O)NCOc2ccc(C)c(C)c2)c(Br)c1. The summed E-state index contributed by atoms with van der Waals surface area (Å²) in [5.41, 5.74) is 4.21. The second kappa shape index (κ2) is 7.31. The van der Waals surface area contributed by atoms with Crippen LogP contribution < -0.4 is 15.4 Å². The second-order valence-corrected chi connectivity index (χ2v) is 6.00. The van der Waals surface area contributed by atoms with Crippen LogP contribution >= 0.6 is 15.9 Å². The molecule has 0 spiro atoms. The lowest BCUT2D eigenvalue weighted by Crippen LogP contribution is -2.32. The highest BCUT2D eigenvalue weighted by molar-refractivity contribution is 9.10. The molecule has 0 unspecified atom stereocenters. The van der Waals surface area contributed by atoms with Crippen LogP contribution in [0, 0.1) is 20.8 Å². The van der Waals surface area contributed by atoms with Crippen LogP contribution in [0.15, 0.2) is 40.9 Å². The van der Waals surface area contributed by atoms with E-state index in [-0.39, 0.29) is 12.8 Å². The minimum Gasteiger partial charge on any atom is -0.473 e. The third kappa shape index (κ3) is 4.49. The molecule has 2 amide bonds. The Hall–Kier alpha value is -2.01. The Bertz CT molecular complexity index is 686. The van der Waals surface area contributed by atoms with E-state index in [9.17, 15) is 4.79 Å². The number of nitrogens with one attached hydrogen (secondary N) is 2. The fraction of sp³-hybridized carbons (Fsp3) is 0.235. The Morgan fingerprint density at radius 1 is 1.09 bits per heavy atom. The van der Waals surface area contributed by atoms with Crippen molar-refractivity contribution in [1.82, 2.24) is 5.32 Å². The van der Waals surface area contributed by atoms with Crippen LogP contribution in [0.1, 0.15) is 16.7 Å². The van der Waals surface area contributed by atoms with Crippen LogP contribution in [0.5, 0.6) is 5.75 Å². The number of ether oxygens (including phenoxy) is 1. The molecule has 0 aliphatic rings. The normalized spacial score (nSPS) is 10.2. The zero-order chi connectivity index (χ0) is 16.1. The average Bonchev–Trinajstić information content (AvgIpc) is 2.46. The summed E-state index contributed by atoms with van der Waals surface area (Å²) in [6.07, 6.45) is 0. The van der Waals surface area contributed by atoms with Crippen molar-refractivity contribution in [2.45, 2.75) is 20.8 Å². The summed E-state index contributed by atoms with van der Waals surface area (Å²) in [5, 5.41) is 5.43. The van der Waals surface area contributed by atoms with Crippen LogP contribution in [0.4, 0.5) is 10.5 Å². The molecule has 0 atom stereocenters. The first-order chi connectivity index (χ1) is 10.5. The van der Waals surface area contributed by atoms with E-state index in [1.165, 1.54) is 5.56 Å². The number of hydrogen-bond donors (Lipinski definition) is 2. The fourth-order valence-corrected chi connectivity index (χ4v) is 2.47. The van der Waals surface area contributed by atoms with Crippen LogP contribution in [-0.2, 0) is 0 Å². The lowest BCUT2D eigenvalue weighted by molar-refractivity contribution is 0.234. The molecule has 0 aromatic heterocycles. The van der Waals surface area contributed by atoms with Crippen LogP contribution in [0.3, 0.4) is 0 Å². The molecule has 4 nitrogen and oxygen atoms in total. The van der Waals surface area contributed by atoms with Gasteiger partial charge in [0.1, 0.15) is 5.75 Å². The molecule has 2 aromatic carbocycles. The van der Waals surface area contributed by atoms with Crippen molar-refractivity contribution in [3.8, 4) is 5.75 Å². The molecule has 2 aromatic rings. The summed E-state index contributed by atoms with van der Waals surface area (Å²) in [6.45, 7) is 6.17. The predicted octanol–water partition coefficient (Wildman–Crippen LogP) is 4.53. The largest absolute Gasteiger partial charge is 0.473 e. The Morgan fingerprint density at radius 2 is 1.86 bits per heavy atom. The standard InChI is InChI=1S/C17H19BrN2O2/c1-11-4-7-16(15(18)8-11)20-17(21)19-10-22-14-6-5-12(2)13(3)9-14/h4-9H,10H2,1-3H3,(H2,19,20,21). The monoisotopic (exact) mass is 362 g/mol. The van der Waals surface area contributed by atoms with Crippen LogP contribution in [0.2, 0.25) is 0 Å². The molecule has 22 heavy (non-hydrogen) atoms. The van der Waals surface area contributed by atoms with E-state index >= 15 is 0 Å². The first kappa shape index (κ1) is 16.4. The number of anilines is 1. The number of hydrogen-bond acceptors (Lipinski definition) is 2. The quantitative estimate of drug-likeness (QED) is 0.784. The van der Waals surface area contributed by atoms with Gasteiger partial charge >= 0.3 is 6.03 Å². The molecule has 0 aliphatic heterocycles. The maximum Gasteiger partial charge on any atom is 0.321 e. The van der Waals surface area contributed by atoms with E-state index in [4.69, 9.17) is 4.74 Å². The molecule has 5 heteroatoms. The highest BCUT2D eigenvalue weighted by Gasteiger charge is 2.05. The number of benzene rings is 2. The third-order valence-electron chi connectivity index (χ3n) is 3.32. The van der Waals surface area contributed by atoms with Gasteiger partial charge in [-0.1, -0.05) is 12.1 Å². The van der Waals surface area contributed by atoms with Gasteiger partial charge in [-0.05, 0) is 77.7 Å². The van der Waals surface area contributed by atoms with Crippen LogP contribution in [-0.4, -0.2) is 12.8 Å². The van der Waals surface area contributed by atoms with Crippen molar-refractivity contribution in [2.24, 2.45) is 0 Å². The number of halogens is 1. The number of rotatable bonds is 4. The molecular weight excluding hydrogens is 344 g/mol. The zero-order valence-corrected chi connectivity index (χ0v) is 14.5. The maximum atomic E-state index is 11.8. The lowest BCUT2D eigenvalue weighted by Gasteiger charge is -2.11. The van der Waals surface area contributed by atoms with Crippen molar-refractivity contribution < 1.29 is 9.53 Å². The number of amides is 2. The van der Waals surface area contributed by atoms with Gasteiger partial charge in [0.15, 0.2) is 6.73 Å². The Balaban J connectivity index is 1.83. The smallest absolute Gasteiger partial charge is 0.321 e. The highest BCUT2D eigenvalue weighted by Crippen LogP contribution is 2.23. The van der Waals surface area contributed by atoms with E-state index in [0.717, 1.165) is 21.3 Å². The van der Waals surface area contributed by atoms with Gasteiger partial charge in [0, 0.05) is 4.47 Å². The third-order valence-corrected chi connectivity index (χ3v) is 3.98. The van der Waals surface area contributed by atoms with E-state index < -0.39 is 0 Å². The Morgan fingerprint density at radius 3 is 2.55 bits per heavy atom. The number of carbonyl (C=O) groups is 1. The number of carbonyl (C=O) groups excluding carboxylic acids is 1. The van der Waals surface area contributed by atoms with E-state index in [1.807, 2.05) is 57.2 Å². The van der Waals surface area contributed by atoms with Crippen molar-refractivity contribution in [1.29, 1.82) is 0 Å². The molecular formula is C17H19BrN2O2. The molecule has 0 saturated heterocycles. The van der Waals surface area contributed by atoms with Gasteiger partial charge in [-0.15, -0.1) is 0 Å². The lowest BCUT2D eigenvalue weighted by atomic mass is 10.1. The molecule has 0 radical (unpaired) electrons. The molecule has 0 aliphatic carbocycles. The minimum atomic E-state index is -0.312. The van der Waals surface area contributed by atoms with E-state index in [2.05, 4.69) is 26.6 Å². The zero-order valence-electron chi connectivity index (χ0n) is 12.9. The van der Waals surface area contributed by atoms with Gasteiger partial charge in [-0.25, -0.2) is 4.79 Å². The minimum absolute atomic E-state index is 0.109. The van der Waals surface area contributed by atoms with Crippen molar-refractivity contribution in [2.75, 3.05) is 12.0 Å². The summed E-state index contributed by atoms with van der Waals surface area (Å²) in [5.74, 6) is 0.736. The first-order valence-corrected chi connectivity index (χ1v) is 7.76. The molecule has 2 N–H and O–H groups in total.